The molecule has 2 aliphatic rings. The Hall–Kier alpha value is -1.85. The molecule has 3 rings (SSSR count). The Balaban J connectivity index is 1.67. The van der Waals surface area contributed by atoms with E-state index >= 15 is 0 Å². The van der Waals surface area contributed by atoms with Gasteiger partial charge >= 0.3 is 0 Å². The fourth-order valence-corrected chi connectivity index (χ4v) is 3.00. The van der Waals surface area contributed by atoms with Gasteiger partial charge in [-0.05, 0) is 17.7 Å². The van der Waals surface area contributed by atoms with Crippen molar-refractivity contribution in [3.05, 3.63) is 42.5 Å². The molecule has 2 heterocycles. The Morgan fingerprint density at radius 2 is 2.32 bits per heavy atom. The lowest BCUT2D eigenvalue weighted by molar-refractivity contribution is -0.125. The van der Waals surface area contributed by atoms with Gasteiger partial charge in [-0.3, -0.25) is 9.69 Å². The first-order chi connectivity index (χ1) is 10.7. The van der Waals surface area contributed by atoms with E-state index in [2.05, 4.69) is 28.9 Å². The smallest absolute Gasteiger partial charge is 0.227 e. The molecule has 22 heavy (non-hydrogen) atoms. The van der Waals surface area contributed by atoms with Crippen molar-refractivity contribution < 1.29 is 14.3 Å². The maximum Gasteiger partial charge on any atom is 0.227 e. The van der Waals surface area contributed by atoms with Crippen LogP contribution < -0.4 is 10.1 Å². The number of carbonyl (C=O) groups excluding carboxylic acids is 1. The Morgan fingerprint density at radius 1 is 1.41 bits per heavy atom. The van der Waals surface area contributed by atoms with Gasteiger partial charge in [0.1, 0.15) is 12.4 Å². The van der Waals surface area contributed by atoms with Gasteiger partial charge in [-0.25, -0.2) is 0 Å². The second kappa shape index (κ2) is 6.94. The monoisotopic (exact) mass is 302 g/mol. The number of fused-ring (bicyclic) bond motifs is 3. The lowest BCUT2D eigenvalue weighted by Gasteiger charge is -2.27. The van der Waals surface area contributed by atoms with Crippen molar-refractivity contribution in [2.75, 3.05) is 32.9 Å². The minimum Gasteiger partial charge on any atom is -0.490 e. The van der Waals surface area contributed by atoms with E-state index in [-0.39, 0.29) is 17.9 Å². The molecule has 2 fully saturated rings. The van der Waals surface area contributed by atoms with Crippen LogP contribution in [-0.4, -0.2) is 49.8 Å². The molecular formula is C17H22N2O3. The third kappa shape index (κ3) is 3.67. The molecular weight excluding hydrogens is 280 g/mol. The number of nitrogens with one attached hydrogen (secondary N) is 1. The summed E-state index contributed by atoms with van der Waals surface area (Å²) in [6.45, 7) is 7.65. The average Bonchev–Trinajstić information content (AvgIpc) is 2.74. The highest BCUT2D eigenvalue weighted by Crippen LogP contribution is 2.19. The highest BCUT2D eigenvalue weighted by Gasteiger charge is 2.33. The molecule has 2 bridgehead atoms. The van der Waals surface area contributed by atoms with Crippen LogP contribution in [0.1, 0.15) is 5.56 Å². The largest absolute Gasteiger partial charge is 0.490 e. The van der Waals surface area contributed by atoms with Crippen LogP contribution in [0.4, 0.5) is 0 Å². The van der Waals surface area contributed by atoms with Gasteiger partial charge in [0.05, 0.1) is 25.2 Å². The van der Waals surface area contributed by atoms with Gasteiger partial charge in [0, 0.05) is 19.6 Å². The van der Waals surface area contributed by atoms with Crippen LogP contribution in [0.2, 0.25) is 0 Å². The van der Waals surface area contributed by atoms with Crippen molar-refractivity contribution in [1.82, 2.24) is 10.2 Å². The molecule has 1 N–H and O–H groups in total. The number of carbonyl (C=O) groups is 1. The molecule has 1 aromatic rings. The van der Waals surface area contributed by atoms with Crippen molar-refractivity contribution in [1.29, 1.82) is 0 Å². The van der Waals surface area contributed by atoms with Gasteiger partial charge < -0.3 is 14.8 Å². The Morgan fingerprint density at radius 3 is 3.18 bits per heavy atom. The van der Waals surface area contributed by atoms with E-state index in [9.17, 15) is 4.79 Å². The standard InChI is InChI=1S/C17H22N2O3/c1-2-6-22-16-5-3-4-13(7-16)8-19-9-14-11-21-12-15(10-19)18-17(14)20/h2-5,7,14-15H,1,6,8-12H2,(H,18,20)/t14-,15+/m1/s1. The fraction of sp³-hybridized carbons (Fsp3) is 0.471. The number of nitrogens with zero attached hydrogens (tertiary/aromatic N) is 1. The maximum absolute atomic E-state index is 12.0. The lowest BCUT2D eigenvalue weighted by atomic mass is 10.1. The zero-order valence-corrected chi connectivity index (χ0v) is 12.7. The SMILES string of the molecule is C=CCOc1cccc(CN2C[C@H]3COC[C@@H](C2)C(=O)N3)c1. The van der Waals surface area contributed by atoms with Crippen LogP contribution in [0.5, 0.6) is 5.75 Å². The summed E-state index contributed by atoms with van der Waals surface area (Å²) in [6.07, 6.45) is 1.74. The predicted molar refractivity (Wildman–Crippen MR) is 83.7 cm³/mol. The third-order valence-electron chi connectivity index (χ3n) is 3.98. The number of amides is 1. The van der Waals surface area contributed by atoms with Crippen LogP contribution in [0, 0.1) is 5.92 Å². The molecule has 5 heteroatoms. The molecule has 0 radical (unpaired) electrons. The molecule has 2 saturated heterocycles. The Labute approximate surface area is 130 Å². The van der Waals surface area contributed by atoms with Crippen molar-refractivity contribution in [2.24, 2.45) is 5.92 Å². The highest BCUT2D eigenvalue weighted by molar-refractivity contribution is 5.79. The maximum atomic E-state index is 12.0. The average molecular weight is 302 g/mol. The zero-order chi connectivity index (χ0) is 15.4. The van der Waals surface area contributed by atoms with Crippen molar-refractivity contribution in [3.63, 3.8) is 0 Å². The minimum absolute atomic E-state index is 0.0762. The highest BCUT2D eigenvalue weighted by atomic mass is 16.5. The molecule has 2 aliphatic heterocycles. The molecule has 1 amide bonds. The van der Waals surface area contributed by atoms with Crippen LogP contribution in [0.15, 0.2) is 36.9 Å². The van der Waals surface area contributed by atoms with Crippen LogP contribution in [0.3, 0.4) is 0 Å². The third-order valence-corrected chi connectivity index (χ3v) is 3.98. The van der Waals surface area contributed by atoms with Gasteiger partial charge in [0.25, 0.3) is 0 Å². The van der Waals surface area contributed by atoms with Crippen molar-refractivity contribution in [2.45, 2.75) is 12.6 Å². The van der Waals surface area contributed by atoms with Gasteiger partial charge in [-0.1, -0.05) is 24.8 Å². The molecule has 0 aromatic heterocycles. The van der Waals surface area contributed by atoms with E-state index in [1.165, 1.54) is 5.56 Å². The summed E-state index contributed by atoms with van der Waals surface area (Å²) in [4.78, 5) is 14.3. The van der Waals surface area contributed by atoms with Crippen molar-refractivity contribution in [3.8, 4) is 5.75 Å². The molecule has 5 nitrogen and oxygen atoms in total. The fourth-order valence-electron chi connectivity index (χ4n) is 3.00. The predicted octanol–water partition coefficient (Wildman–Crippen LogP) is 1.20. The summed E-state index contributed by atoms with van der Waals surface area (Å²) in [7, 11) is 0. The van der Waals surface area contributed by atoms with Gasteiger partial charge in [0.15, 0.2) is 0 Å². The second-order valence-electron chi connectivity index (χ2n) is 5.88. The molecule has 0 unspecified atom stereocenters. The van der Waals surface area contributed by atoms with Gasteiger partial charge in [-0.15, -0.1) is 0 Å². The van der Waals surface area contributed by atoms with E-state index in [0.717, 1.165) is 25.4 Å². The van der Waals surface area contributed by atoms with E-state index in [4.69, 9.17) is 9.47 Å². The number of hydrogen-bond donors (Lipinski definition) is 1. The number of benzene rings is 1. The van der Waals surface area contributed by atoms with E-state index in [1.807, 2.05) is 12.1 Å². The Kier molecular flexibility index (Phi) is 4.75. The summed E-state index contributed by atoms with van der Waals surface area (Å²) in [5, 5.41) is 3.05. The zero-order valence-electron chi connectivity index (χ0n) is 12.7. The van der Waals surface area contributed by atoms with Gasteiger partial charge in [-0.2, -0.15) is 0 Å². The van der Waals surface area contributed by atoms with Crippen LogP contribution in [-0.2, 0) is 16.1 Å². The minimum atomic E-state index is -0.0762. The first-order valence-electron chi connectivity index (χ1n) is 7.67. The normalized spacial score (nSPS) is 25.2. The Bertz CT molecular complexity index is 546. The summed E-state index contributed by atoms with van der Waals surface area (Å²) >= 11 is 0. The van der Waals surface area contributed by atoms with Gasteiger partial charge in [0.2, 0.25) is 5.91 Å². The molecule has 0 aliphatic carbocycles. The molecule has 0 saturated carbocycles. The molecule has 1 aromatic carbocycles. The summed E-state index contributed by atoms with van der Waals surface area (Å²) in [5.74, 6) is 0.894. The van der Waals surface area contributed by atoms with Crippen LogP contribution >= 0.6 is 0 Å². The first kappa shape index (κ1) is 15.1. The van der Waals surface area contributed by atoms with E-state index in [1.54, 1.807) is 6.08 Å². The van der Waals surface area contributed by atoms with E-state index < -0.39 is 0 Å². The summed E-state index contributed by atoms with van der Waals surface area (Å²) in [6, 6.07) is 8.17. The van der Waals surface area contributed by atoms with Crippen LogP contribution in [0.25, 0.3) is 0 Å². The topological polar surface area (TPSA) is 50.8 Å². The molecule has 118 valence electrons. The molecule has 2 atom stereocenters. The lowest BCUT2D eigenvalue weighted by Crippen LogP contribution is -2.41. The summed E-state index contributed by atoms with van der Waals surface area (Å²) < 4.78 is 11.1. The first-order valence-corrected chi connectivity index (χ1v) is 7.67. The second-order valence-corrected chi connectivity index (χ2v) is 5.88. The molecule has 0 spiro atoms. The van der Waals surface area contributed by atoms with E-state index in [0.29, 0.717) is 19.8 Å². The number of ether oxygens (including phenoxy) is 2. The van der Waals surface area contributed by atoms with Crippen molar-refractivity contribution >= 4 is 5.91 Å². The number of hydrogen-bond acceptors (Lipinski definition) is 4. The quantitative estimate of drug-likeness (QED) is 0.830. The number of rotatable bonds is 5. The summed E-state index contributed by atoms with van der Waals surface area (Å²) in [5.41, 5.74) is 1.19.